The van der Waals surface area contributed by atoms with Crippen LogP contribution in [0.15, 0.2) is 23.2 Å². The standard InChI is InChI=1S/C15H21Cl2F3N4/c1-10(12-5-4-11(16)8-13(12)17)23-14(21)22-6-3-7-24(2)9-15(18,19)20/h4-5,8,10H,3,6-7,9H2,1-2H3,(H3,21,22,23). The molecule has 1 aromatic carbocycles. The summed E-state index contributed by atoms with van der Waals surface area (Å²) in [5.74, 6) is 0.215. The summed E-state index contributed by atoms with van der Waals surface area (Å²) < 4.78 is 36.6. The fourth-order valence-corrected chi connectivity index (χ4v) is 2.70. The Bertz CT molecular complexity index is 564. The Kier molecular flexibility index (Phi) is 8.12. The van der Waals surface area contributed by atoms with Gasteiger partial charge in [-0.15, -0.1) is 0 Å². The van der Waals surface area contributed by atoms with Crippen LogP contribution >= 0.6 is 23.2 Å². The number of nitrogens with two attached hydrogens (primary N) is 1. The number of guanidine groups is 1. The highest BCUT2D eigenvalue weighted by molar-refractivity contribution is 6.35. The normalized spacial score (nSPS) is 14.1. The second kappa shape index (κ2) is 9.34. The van der Waals surface area contributed by atoms with Crippen LogP contribution in [0.5, 0.6) is 0 Å². The van der Waals surface area contributed by atoms with Crippen LogP contribution < -0.4 is 11.1 Å². The smallest absolute Gasteiger partial charge is 0.370 e. The van der Waals surface area contributed by atoms with Gasteiger partial charge in [-0.25, -0.2) is 0 Å². The lowest BCUT2D eigenvalue weighted by atomic mass is 10.1. The quantitative estimate of drug-likeness (QED) is 0.426. The maximum Gasteiger partial charge on any atom is 0.401 e. The van der Waals surface area contributed by atoms with Crippen molar-refractivity contribution in [2.75, 3.05) is 26.7 Å². The second-order valence-corrected chi connectivity index (χ2v) is 6.35. The number of hydrogen-bond donors (Lipinski definition) is 2. The third-order valence-corrected chi connectivity index (χ3v) is 3.79. The van der Waals surface area contributed by atoms with Gasteiger partial charge in [-0.2, -0.15) is 13.2 Å². The number of halogens is 5. The van der Waals surface area contributed by atoms with Crippen LogP contribution in [0.2, 0.25) is 10.0 Å². The van der Waals surface area contributed by atoms with Crippen molar-refractivity contribution < 1.29 is 13.2 Å². The van der Waals surface area contributed by atoms with Gasteiger partial charge in [-0.05, 0) is 44.6 Å². The monoisotopic (exact) mass is 384 g/mol. The molecule has 0 radical (unpaired) electrons. The van der Waals surface area contributed by atoms with Crippen LogP contribution in [0, 0.1) is 0 Å². The van der Waals surface area contributed by atoms with Gasteiger partial charge in [0.05, 0.1) is 12.6 Å². The average Bonchev–Trinajstić information content (AvgIpc) is 2.41. The lowest BCUT2D eigenvalue weighted by Gasteiger charge is -2.18. The van der Waals surface area contributed by atoms with E-state index in [1.165, 1.54) is 11.9 Å². The van der Waals surface area contributed by atoms with Crippen molar-refractivity contribution in [2.24, 2.45) is 10.7 Å². The summed E-state index contributed by atoms with van der Waals surface area (Å²) in [6.45, 7) is 1.56. The minimum Gasteiger partial charge on any atom is -0.370 e. The predicted molar refractivity (Wildman–Crippen MR) is 92.7 cm³/mol. The molecular formula is C15H21Cl2F3N4. The van der Waals surface area contributed by atoms with E-state index in [4.69, 9.17) is 28.9 Å². The topological polar surface area (TPSA) is 53.6 Å². The molecule has 0 aromatic heterocycles. The molecule has 9 heteroatoms. The molecule has 3 N–H and O–H groups in total. The van der Waals surface area contributed by atoms with Crippen LogP contribution in [0.3, 0.4) is 0 Å². The van der Waals surface area contributed by atoms with Gasteiger partial charge >= 0.3 is 6.18 Å². The van der Waals surface area contributed by atoms with E-state index in [2.05, 4.69) is 10.3 Å². The van der Waals surface area contributed by atoms with Crippen molar-refractivity contribution in [3.63, 3.8) is 0 Å². The Labute approximate surface area is 149 Å². The first-order valence-corrected chi connectivity index (χ1v) is 8.11. The molecule has 0 saturated carbocycles. The molecule has 0 heterocycles. The van der Waals surface area contributed by atoms with Crippen LogP contribution in [0.25, 0.3) is 0 Å². The number of benzene rings is 1. The second-order valence-electron chi connectivity index (χ2n) is 5.51. The molecule has 1 rings (SSSR count). The molecule has 0 aliphatic rings. The van der Waals surface area contributed by atoms with Gasteiger partial charge in [0, 0.05) is 16.6 Å². The van der Waals surface area contributed by atoms with Gasteiger partial charge in [0.2, 0.25) is 0 Å². The van der Waals surface area contributed by atoms with Crippen LogP contribution in [-0.2, 0) is 0 Å². The van der Waals surface area contributed by atoms with Crippen molar-refractivity contribution in [2.45, 2.75) is 25.6 Å². The molecule has 0 bridgehead atoms. The van der Waals surface area contributed by atoms with Gasteiger partial charge in [-0.3, -0.25) is 9.89 Å². The summed E-state index contributed by atoms with van der Waals surface area (Å²) in [5.41, 5.74) is 6.61. The van der Waals surface area contributed by atoms with Crippen molar-refractivity contribution in [3.8, 4) is 0 Å². The first kappa shape index (κ1) is 20.9. The Balaban J connectivity index is 2.41. The van der Waals surface area contributed by atoms with Crippen LogP contribution in [0.4, 0.5) is 13.2 Å². The number of alkyl halides is 3. The Hall–Kier alpha value is -1.18. The third kappa shape index (κ3) is 8.08. The highest BCUT2D eigenvalue weighted by atomic mass is 35.5. The number of nitrogens with one attached hydrogen (secondary N) is 1. The van der Waals surface area contributed by atoms with E-state index in [-0.39, 0.29) is 18.5 Å². The maximum atomic E-state index is 12.2. The van der Waals surface area contributed by atoms with Crippen molar-refractivity contribution >= 4 is 29.2 Å². The van der Waals surface area contributed by atoms with E-state index in [9.17, 15) is 13.2 Å². The molecule has 4 nitrogen and oxygen atoms in total. The number of aliphatic imine (C=N–C) groups is 1. The van der Waals surface area contributed by atoms with Gasteiger partial charge < -0.3 is 11.1 Å². The predicted octanol–water partition coefficient (Wildman–Crippen LogP) is 3.84. The summed E-state index contributed by atoms with van der Waals surface area (Å²) >= 11 is 12.0. The molecule has 0 saturated heterocycles. The lowest BCUT2D eigenvalue weighted by Crippen LogP contribution is -2.34. The van der Waals surface area contributed by atoms with E-state index in [1.807, 2.05) is 6.92 Å². The SMILES string of the molecule is CC(NC(N)=NCCCN(C)CC(F)(F)F)c1ccc(Cl)cc1Cl. The molecule has 0 fully saturated rings. The number of hydrogen-bond acceptors (Lipinski definition) is 2. The van der Waals surface area contributed by atoms with Crippen LogP contribution in [-0.4, -0.2) is 43.7 Å². The molecule has 1 unspecified atom stereocenters. The van der Waals surface area contributed by atoms with Gasteiger partial charge in [0.25, 0.3) is 0 Å². The van der Waals surface area contributed by atoms with E-state index in [0.717, 1.165) is 5.56 Å². The highest BCUT2D eigenvalue weighted by Gasteiger charge is 2.28. The van der Waals surface area contributed by atoms with Gasteiger partial charge in [-0.1, -0.05) is 29.3 Å². The summed E-state index contributed by atoms with van der Waals surface area (Å²) in [5, 5.41) is 4.05. The zero-order chi connectivity index (χ0) is 18.3. The summed E-state index contributed by atoms with van der Waals surface area (Å²) in [7, 11) is 1.42. The van der Waals surface area contributed by atoms with Gasteiger partial charge in [0.15, 0.2) is 5.96 Å². The summed E-state index contributed by atoms with van der Waals surface area (Å²) in [6.07, 6.45) is -3.71. The molecule has 0 aliphatic heterocycles. The van der Waals surface area contributed by atoms with E-state index in [1.54, 1.807) is 18.2 Å². The average molecular weight is 385 g/mol. The minimum atomic E-state index is -4.19. The fraction of sp³-hybridized carbons (Fsp3) is 0.533. The Morgan fingerprint density at radius 2 is 2.04 bits per heavy atom. The lowest BCUT2D eigenvalue weighted by molar-refractivity contribution is -0.143. The molecule has 24 heavy (non-hydrogen) atoms. The molecule has 0 aliphatic carbocycles. The third-order valence-electron chi connectivity index (χ3n) is 3.22. The first-order valence-electron chi connectivity index (χ1n) is 7.35. The number of rotatable bonds is 7. The zero-order valence-corrected chi connectivity index (χ0v) is 15.0. The molecule has 0 spiro atoms. The molecule has 0 amide bonds. The number of nitrogens with zero attached hydrogens (tertiary/aromatic N) is 2. The van der Waals surface area contributed by atoms with E-state index < -0.39 is 12.7 Å². The molecule has 1 atom stereocenters. The van der Waals surface area contributed by atoms with E-state index in [0.29, 0.717) is 23.0 Å². The zero-order valence-electron chi connectivity index (χ0n) is 13.5. The molecule has 1 aromatic rings. The van der Waals surface area contributed by atoms with Crippen LogP contribution in [0.1, 0.15) is 24.9 Å². The Morgan fingerprint density at radius 3 is 2.62 bits per heavy atom. The summed E-state index contributed by atoms with van der Waals surface area (Å²) in [6, 6.07) is 4.99. The summed E-state index contributed by atoms with van der Waals surface area (Å²) in [4.78, 5) is 5.32. The van der Waals surface area contributed by atoms with Crippen molar-refractivity contribution in [3.05, 3.63) is 33.8 Å². The van der Waals surface area contributed by atoms with Crippen molar-refractivity contribution in [1.29, 1.82) is 0 Å². The largest absolute Gasteiger partial charge is 0.401 e. The molecule has 136 valence electrons. The fourth-order valence-electron chi connectivity index (χ4n) is 2.12. The highest BCUT2D eigenvalue weighted by Crippen LogP contribution is 2.25. The first-order chi connectivity index (χ1) is 11.1. The Morgan fingerprint density at radius 1 is 1.38 bits per heavy atom. The maximum absolute atomic E-state index is 12.2. The van der Waals surface area contributed by atoms with Gasteiger partial charge in [0.1, 0.15) is 0 Å². The van der Waals surface area contributed by atoms with E-state index >= 15 is 0 Å². The molecular weight excluding hydrogens is 364 g/mol. The minimum absolute atomic E-state index is 0.175. The van der Waals surface area contributed by atoms with Crippen molar-refractivity contribution in [1.82, 2.24) is 10.2 Å².